The van der Waals surface area contributed by atoms with Crippen molar-refractivity contribution in [2.75, 3.05) is 74.0 Å². The molecular weight excluding hydrogens is 847 g/mol. The van der Waals surface area contributed by atoms with E-state index >= 15 is 0 Å². The van der Waals surface area contributed by atoms with Crippen LogP contribution in [0.2, 0.25) is 0 Å². The molecule has 19 heteroatoms. The van der Waals surface area contributed by atoms with E-state index in [-0.39, 0.29) is 36.3 Å². The maximum atomic E-state index is 13.8. The van der Waals surface area contributed by atoms with Crippen molar-refractivity contribution in [3.05, 3.63) is 71.5 Å². The zero-order chi connectivity index (χ0) is 44.9. The fourth-order valence-corrected chi connectivity index (χ4v) is 10.8. The van der Waals surface area contributed by atoms with Gasteiger partial charge in [-0.25, -0.2) is 4.52 Å². The van der Waals surface area contributed by atoms with Gasteiger partial charge in [0, 0.05) is 81.8 Å². The van der Waals surface area contributed by atoms with Crippen molar-refractivity contribution in [2.24, 2.45) is 11.8 Å². The standard InChI is InChI=1S/C46H49N13O5S/c1-27(2)50-36-21-37(38-6-4-32-19-29(22-47)23-49-59(32)38)48-24-35(36)42-52-53-46(65-42)56-17-15-55(16-18-56)43(62)30-10-12-54(13-11-30)25-28-9-14-57(26-28)31-3-5-33-34(20-31)45(64)58(44(33)63)39-7-8-40(60)51-41(39)61/h3-6,19-21,23-24,27-28,30,39H,7-18,25-26H2,1-2H3,(H,48,50)(H,51,60,61)/t28-,39?/m1/s1. The number of benzene rings is 1. The third-order valence-electron chi connectivity index (χ3n) is 13.3. The van der Waals surface area contributed by atoms with Crippen molar-refractivity contribution in [2.45, 2.75) is 58.0 Å². The quantitative estimate of drug-likeness (QED) is 0.191. The first-order valence-electron chi connectivity index (χ1n) is 22.4. The Bertz CT molecular complexity index is 2760. The molecule has 0 radical (unpaired) electrons. The second-order valence-electron chi connectivity index (χ2n) is 17.9. The van der Waals surface area contributed by atoms with Crippen LogP contribution in [0.15, 0.2) is 54.9 Å². The molecule has 5 amide bonds. The Labute approximate surface area is 379 Å². The fourth-order valence-electron chi connectivity index (χ4n) is 9.88. The Balaban J connectivity index is 0.702. The molecule has 2 N–H and O–H groups in total. The molecule has 65 heavy (non-hydrogen) atoms. The molecule has 0 bridgehead atoms. The highest BCUT2D eigenvalue weighted by molar-refractivity contribution is 7.18. The van der Waals surface area contributed by atoms with Gasteiger partial charge in [-0.15, -0.1) is 10.2 Å². The number of carbonyl (C=O) groups is 5. The predicted octanol–water partition coefficient (Wildman–Crippen LogP) is 3.90. The Kier molecular flexibility index (Phi) is 11.2. The van der Waals surface area contributed by atoms with Crippen LogP contribution in [0.3, 0.4) is 0 Å². The lowest BCUT2D eigenvalue weighted by Gasteiger charge is -2.38. The molecular formula is C46H49N13O5S. The van der Waals surface area contributed by atoms with E-state index in [0.29, 0.717) is 43.2 Å². The van der Waals surface area contributed by atoms with E-state index in [1.165, 1.54) is 11.3 Å². The van der Waals surface area contributed by atoms with E-state index < -0.39 is 29.7 Å². The Morgan fingerprint density at radius 1 is 0.877 bits per heavy atom. The number of nitriles is 1. The number of piperazine rings is 1. The van der Waals surface area contributed by atoms with Gasteiger partial charge in [-0.2, -0.15) is 10.4 Å². The van der Waals surface area contributed by atoms with E-state index in [4.69, 9.17) is 4.98 Å². The molecule has 1 unspecified atom stereocenters. The normalized spacial score (nSPS) is 20.8. The first-order valence-corrected chi connectivity index (χ1v) is 23.2. The summed E-state index contributed by atoms with van der Waals surface area (Å²) in [7, 11) is 0. The Morgan fingerprint density at radius 2 is 1.68 bits per heavy atom. The molecule has 0 aliphatic carbocycles. The first kappa shape index (κ1) is 42.2. The van der Waals surface area contributed by atoms with E-state index in [1.807, 2.05) is 35.4 Å². The molecule has 5 aliphatic rings. The summed E-state index contributed by atoms with van der Waals surface area (Å²) >= 11 is 1.52. The smallest absolute Gasteiger partial charge is 0.262 e. The van der Waals surface area contributed by atoms with Crippen LogP contribution in [0.4, 0.5) is 16.5 Å². The number of hydrogen-bond donors (Lipinski definition) is 2. The van der Waals surface area contributed by atoms with Crippen molar-refractivity contribution < 1.29 is 24.0 Å². The molecule has 4 fully saturated rings. The lowest BCUT2D eigenvalue weighted by molar-refractivity contribution is -0.138. The minimum atomic E-state index is -0.984. The molecule has 9 heterocycles. The Hall–Kier alpha value is -6.78. The zero-order valence-electron chi connectivity index (χ0n) is 36.3. The second kappa shape index (κ2) is 17.3. The largest absolute Gasteiger partial charge is 0.382 e. The fraction of sp³-hybridized carbons (Fsp3) is 0.435. The number of hydrogen-bond acceptors (Lipinski definition) is 15. The van der Waals surface area contributed by atoms with Crippen LogP contribution >= 0.6 is 11.3 Å². The van der Waals surface area contributed by atoms with E-state index in [2.05, 4.69) is 60.5 Å². The number of amides is 5. The van der Waals surface area contributed by atoms with E-state index in [0.717, 1.165) is 101 Å². The number of pyridine rings is 1. The van der Waals surface area contributed by atoms with Gasteiger partial charge in [0.15, 0.2) is 5.01 Å². The number of imide groups is 2. The summed E-state index contributed by atoms with van der Waals surface area (Å²) in [5.41, 5.74) is 6.07. The number of anilines is 3. The summed E-state index contributed by atoms with van der Waals surface area (Å²) in [6.45, 7) is 11.1. The summed E-state index contributed by atoms with van der Waals surface area (Å²) in [5, 5.41) is 30.3. The van der Waals surface area contributed by atoms with Crippen LogP contribution in [0.1, 0.15) is 72.2 Å². The van der Waals surface area contributed by atoms with Gasteiger partial charge in [-0.3, -0.25) is 39.2 Å². The average Bonchev–Trinajstić information content (AvgIpc) is 4.13. The topological polar surface area (TPSA) is 205 Å². The summed E-state index contributed by atoms with van der Waals surface area (Å²) < 4.78 is 1.78. The van der Waals surface area contributed by atoms with E-state index in [1.54, 1.807) is 28.9 Å². The number of nitrogens with one attached hydrogen (secondary N) is 2. The molecule has 10 rings (SSSR count). The monoisotopic (exact) mass is 895 g/mol. The molecule has 18 nitrogen and oxygen atoms in total. The predicted molar refractivity (Wildman–Crippen MR) is 242 cm³/mol. The lowest BCUT2D eigenvalue weighted by Crippen LogP contribution is -2.54. The Morgan fingerprint density at radius 3 is 2.45 bits per heavy atom. The van der Waals surface area contributed by atoms with Gasteiger partial charge in [-0.05, 0) is 101 Å². The van der Waals surface area contributed by atoms with Crippen LogP contribution < -0.4 is 20.4 Å². The number of piperidine rings is 2. The third-order valence-corrected chi connectivity index (χ3v) is 14.3. The summed E-state index contributed by atoms with van der Waals surface area (Å²) in [6.07, 6.45) is 6.25. The van der Waals surface area contributed by atoms with Crippen molar-refractivity contribution >= 4 is 62.9 Å². The van der Waals surface area contributed by atoms with Crippen molar-refractivity contribution in [3.8, 4) is 28.0 Å². The van der Waals surface area contributed by atoms with Gasteiger partial charge >= 0.3 is 0 Å². The summed E-state index contributed by atoms with van der Waals surface area (Å²) in [5.74, 6) is -1.32. The van der Waals surface area contributed by atoms with Crippen LogP contribution in [0, 0.1) is 23.2 Å². The number of rotatable bonds is 10. The third kappa shape index (κ3) is 8.16. The number of aromatic nitrogens is 5. The molecule has 1 aromatic carbocycles. The molecule has 0 spiro atoms. The highest BCUT2D eigenvalue weighted by Crippen LogP contribution is 2.37. The zero-order valence-corrected chi connectivity index (χ0v) is 37.1. The van der Waals surface area contributed by atoms with Crippen LogP contribution in [-0.2, 0) is 14.4 Å². The lowest BCUT2D eigenvalue weighted by atomic mass is 9.94. The average molecular weight is 896 g/mol. The van der Waals surface area contributed by atoms with Crippen LogP contribution in [-0.4, -0.2) is 140 Å². The van der Waals surface area contributed by atoms with Crippen molar-refractivity contribution in [3.63, 3.8) is 0 Å². The maximum absolute atomic E-state index is 13.8. The summed E-state index contributed by atoms with van der Waals surface area (Å²) in [6, 6.07) is 14.3. The number of nitrogens with zero attached hydrogens (tertiary/aromatic N) is 11. The molecule has 5 aromatic rings. The van der Waals surface area contributed by atoms with Gasteiger partial charge < -0.3 is 24.9 Å². The second-order valence-corrected chi connectivity index (χ2v) is 18.8. The first-order chi connectivity index (χ1) is 31.5. The maximum Gasteiger partial charge on any atom is 0.262 e. The highest BCUT2D eigenvalue weighted by atomic mass is 32.1. The van der Waals surface area contributed by atoms with Crippen molar-refractivity contribution in [1.29, 1.82) is 5.26 Å². The van der Waals surface area contributed by atoms with Gasteiger partial charge in [0.25, 0.3) is 11.8 Å². The number of fused-ring (bicyclic) bond motifs is 2. The molecule has 0 saturated carbocycles. The molecule has 4 aromatic heterocycles. The van der Waals surface area contributed by atoms with E-state index in [9.17, 15) is 29.2 Å². The minimum absolute atomic E-state index is 0.00956. The van der Waals surface area contributed by atoms with Crippen LogP contribution in [0.25, 0.3) is 27.5 Å². The number of likely N-dealkylation sites (tertiary alicyclic amines) is 1. The minimum Gasteiger partial charge on any atom is -0.382 e. The molecule has 2 atom stereocenters. The van der Waals surface area contributed by atoms with Crippen molar-refractivity contribution in [1.82, 2.24) is 44.8 Å². The molecule has 5 aliphatic heterocycles. The van der Waals surface area contributed by atoms with Gasteiger partial charge in [0.1, 0.15) is 12.1 Å². The number of carbonyl (C=O) groups excluding carboxylic acids is 5. The SMILES string of the molecule is CC(C)Nc1cc(-c2ccc3cc(C#N)cnn23)ncc1-c1nnc(N2CCN(C(=O)C3CCN(C[C@H]4CCN(c5ccc6c(c5)C(=O)N(C5CCC(=O)NC5=O)C6=O)C4)CC3)CC2)s1. The van der Waals surface area contributed by atoms with Gasteiger partial charge in [0.2, 0.25) is 22.9 Å². The molecule has 4 saturated heterocycles. The van der Waals surface area contributed by atoms with Gasteiger partial charge in [0.05, 0.1) is 45.4 Å². The summed E-state index contributed by atoms with van der Waals surface area (Å²) in [4.78, 5) is 79.3. The van der Waals surface area contributed by atoms with Gasteiger partial charge in [-0.1, -0.05) is 11.3 Å². The highest BCUT2D eigenvalue weighted by Gasteiger charge is 2.45. The van der Waals surface area contributed by atoms with Crippen LogP contribution in [0.5, 0.6) is 0 Å². The molecule has 334 valence electrons.